The van der Waals surface area contributed by atoms with Crippen LogP contribution in [0.3, 0.4) is 0 Å². The summed E-state index contributed by atoms with van der Waals surface area (Å²) >= 11 is 3.36. The zero-order chi connectivity index (χ0) is 12.3. The topological polar surface area (TPSA) is 62.2 Å². The van der Waals surface area contributed by atoms with Gasteiger partial charge in [-0.3, -0.25) is 0 Å². The number of aromatic carboxylic acids is 1. The Morgan fingerprint density at radius 1 is 1.24 bits per heavy atom. The standard InChI is InChI=1S/C12H9BrN2O2/c13-8-3-1-4-9(7-8)14-11-6-2-5-10(15-11)12(16)17/h1-7H,(H,14,15)(H,16,17). The number of hydrogen-bond acceptors (Lipinski definition) is 3. The van der Waals surface area contributed by atoms with Gasteiger partial charge in [-0.25, -0.2) is 9.78 Å². The van der Waals surface area contributed by atoms with E-state index in [1.807, 2.05) is 24.3 Å². The maximum absolute atomic E-state index is 10.8. The summed E-state index contributed by atoms with van der Waals surface area (Å²) in [7, 11) is 0. The minimum absolute atomic E-state index is 0.0185. The third-order valence-corrected chi connectivity index (χ3v) is 2.56. The molecule has 5 heteroatoms. The van der Waals surface area contributed by atoms with Crippen LogP contribution in [0.25, 0.3) is 0 Å². The summed E-state index contributed by atoms with van der Waals surface area (Å²) in [5.74, 6) is -0.536. The van der Waals surface area contributed by atoms with Gasteiger partial charge < -0.3 is 10.4 Å². The van der Waals surface area contributed by atoms with Crippen LogP contribution in [0, 0.1) is 0 Å². The van der Waals surface area contributed by atoms with Crippen LogP contribution in [-0.4, -0.2) is 16.1 Å². The summed E-state index contributed by atoms with van der Waals surface area (Å²) in [5.41, 5.74) is 0.861. The van der Waals surface area contributed by atoms with E-state index in [2.05, 4.69) is 26.2 Å². The molecule has 1 aromatic heterocycles. The Hall–Kier alpha value is -1.88. The number of nitrogens with one attached hydrogen (secondary N) is 1. The molecule has 0 atom stereocenters. The molecule has 0 bridgehead atoms. The SMILES string of the molecule is O=C(O)c1cccc(Nc2cccc(Br)c2)n1. The number of rotatable bonds is 3. The molecule has 0 aliphatic heterocycles. The minimum atomic E-state index is -1.04. The Balaban J connectivity index is 2.24. The zero-order valence-corrected chi connectivity index (χ0v) is 10.3. The monoisotopic (exact) mass is 292 g/mol. The lowest BCUT2D eigenvalue weighted by molar-refractivity contribution is 0.0690. The van der Waals surface area contributed by atoms with Crippen molar-refractivity contribution in [2.45, 2.75) is 0 Å². The average Bonchev–Trinajstić information content (AvgIpc) is 2.29. The van der Waals surface area contributed by atoms with Crippen molar-refractivity contribution < 1.29 is 9.90 Å². The van der Waals surface area contributed by atoms with Gasteiger partial charge >= 0.3 is 5.97 Å². The first kappa shape index (κ1) is 11.6. The van der Waals surface area contributed by atoms with Crippen LogP contribution in [-0.2, 0) is 0 Å². The number of anilines is 2. The highest BCUT2D eigenvalue weighted by Crippen LogP contribution is 2.19. The van der Waals surface area contributed by atoms with E-state index < -0.39 is 5.97 Å². The minimum Gasteiger partial charge on any atom is -0.477 e. The number of hydrogen-bond donors (Lipinski definition) is 2. The fraction of sp³-hybridized carbons (Fsp3) is 0. The van der Waals surface area contributed by atoms with Crippen LogP contribution < -0.4 is 5.32 Å². The molecule has 2 N–H and O–H groups in total. The van der Waals surface area contributed by atoms with Crippen molar-refractivity contribution in [2.75, 3.05) is 5.32 Å². The summed E-state index contributed by atoms with van der Waals surface area (Å²) in [6, 6.07) is 12.4. The van der Waals surface area contributed by atoms with Crippen molar-refractivity contribution >= 4 is 33.4 Å². The van der Waals surface area contributed by atoms with Gasteiger partial charge in [-0.1, -0.05) is 28.1 Å². The van der Waals surface area contributed by atoms with Crippen molar-refractivity contribution in [3.8, 4) is 0 Å². The highest BCUT2D eigenvalue weighted by Gasteiger charge is 2.05. The van der Waals surface area contributed by atoms with Gasteiger partial charge in [0.1, 0.15) is 5.82 Å². The molecule has 2 aromatic rings. The van der Waals surface area contributed by atoms with Gasteiger partial charge in [0, 0.05) is 10.2 Å². The van der Waals surface area contributed by atoms with E-state index in [0.717, 1.165) is 10.2 Å². The van der Waals surface area contributed by atoms with Gasteiger partial charge in [-0.15, -0.1) is 0 Å². The number of halogens is 1. The molecule has 4 nitrogen and oxygen atoms in total. The van der Waals surface area contributed by atoms with Crippen LogP contribution in [0.4, 0.5) is 11.5 Å². The van der Waals surface area contributed by atoms with E-state index in [4.69, 9.17) is 5.11 Å². The maximum Gasteiger partial charge on any atom is 0.354 e. The summed E-state index contributed by atoms with van der Waals surface area (Å²) in [6.45, 7) is 0. The Labute approximate surface area is 106 Å². The molecule has 0 fully saturated rings. The molecule has 0 aliphatic rings. The predicted molar refractivity (Wildman–Crippen MR) is 68.6 cm³/mol. The molecule has 1 heterocycles. The van der Waals surface area contributed by atoms with E-state index in [1.165, 1.54) is 6.07 Å². The summed E-state index contributed by atoms with van der Waals surface area (Å²) < 4.78 is 0.942. The van der Waals surface area contributed by atoms with Crippen LogP contribution in [0.2, 0.25) is 0 Å². The van der Waals surface area contributed by atoms with Gasteiger partial charge in [0.15, 0.2) is 5.69 Å². The first-order chi connectivity index (χ1) is 8.15. The van der Waals surface area contributed by atoms with Crippen LogP contribution >= 0.6 is 15.9 Å². The van der Waals surface area contributed by atoms with Crippen molar-refractivity contribution in [1.82, 2.24) is 4.98 Å². The average molecular weight is 293 g/mol. The predicted octanol–water partition coefficient (Wildman–Crippen LogP) is 3.29. The van der Waals surface area contributed by atoms with E-state index in [-0.39, 0.29) is 5.69 Å². The lowest BCUT2D eigenvalue weighted by atomic mass is 10.3. The summed E-state index contributed by atoms with van der Waals surface area (Å²) in [6.07, 6.45) is 0. The first-order valence-electron chi connectivity index (χ1n) is 4.88. The van der Waals surface area contributed by atoms with Crippen molar-refractivity contribution in [3.05, 3.63) is 52.6 Å². The van der Waals surface area contributed by atoms with Crippen LogP contribution in [0.1, 0.15) is 10.5 Å². The lowest BCUT2D eigenvalue weighted by Crippen LogP contribution is -2.02. The highest BCUT2D eigenvalue weighted by molar-refractivity contribution is 9.10. The molecule has 2 rings (SSSR count). The number of carboxylic acids is 1. The van der Waals surface area contributed by atoms with E-state index in [1.54, 1.807) is 12.1 Å². The lowest BCUT2D eigenvalue weighted by Gasteiger charge is -2.06. The molecule has 0 radical (unpaired) electrons. The molecular weight excluding hydrogens is 284 g/mol. The number of aromatic nitrogens is 1. The Morgan fingerprint density at radius 2 is 2.00 bits per heavy atom. The summed E-state index contributed by atoms with van der Waals surface area (Å²) in [5, 5.41) is 11.9. The number of nitrogens with zero attached hydrogens (tertiary/aromatic N) is 1. The van der Waals surface area contributed by atoms with Gasteiger partial charge in [0.05, 0.1) is 0 Å². The van der Waals surface area contributed by atoms with Gasteiger partial charge in [0.2, 0.25) is 0 Å². The molecule has 0 aliphatic carbocycles. The zero-order valence-electron chi connectivity index (χ0n) is 8.72. The molecular formula is C12H9BrN2O2. The summed E-state index contributed by atoms with van der Waals surface area (Å²) in [4.78, 5) is 14.7. The fourth-order valence-corrected chi connectivity index (χ4v) is 1.74. The quantitative estimate of drug-likeness (QED) is 0.911. The van der Waals surface area contributed by atoms with E-state index in [0.29, 0.717) is 5.82 Å². The first-order valence-corrected chi connectivity index (χ1v) is 5.67. The second-order valence-electron chi connectivity index (χ2n) is 3.35. The Kier molecular flexibility index (Phi) is 3.39. The second kappa shape index (κ2) is 4.97. The van der Waals surface area contributed by atoms with Gasteiger partial charge in [-0.05, 0) is 30.3 Å². The highest BCUT2D eigenvalue weighted by atomic mass is 79.9. The van der Waals surface area contributed by atoms with Crippen molar-refractivity contribution in [2.24, 2.45) is 0 Å². The van der Waals surface area contributed by atoms with Gasteiger partial charge in [0.25, 0.3) is 0 Å². The van der Waals surface area contributed by atoms with Crippen molar-refractivity contribution in [3.63, 3.8) is 0 Å². The molecule has 0 spiro atoms. The molecule has 1 aromatic carbocycles. The van der Waals surface area contributed by atoms with Crippen molar-refractivity contribution in [1.29, 1.82) is 0 Å². The third-order valence-electron chi connectivity index (χ3n) is 2.07. The van der Waals surface area contributed by atoms with Gasteiger partial charge in [-0.2, -0.15) is 0 Å². The number of carbonyl (C=O) groups is 1. The van der Waals surface area contributed by atoms with Crippen LogP contribution in [0.5, 0.6) is 0 Å². The Morgan fingerprint density at radius 3 is 2.71 bits per heavy atom. The maximum atomic E-state index is 10.8. The number of pyridine rings is 1. The number of benzene rings is 1. The molecule has 0 amide bonds. The normalized spacial score (nSPS) is 9.94. The van der Waals surface area contributed by atoms with Crippen LogP contribution in [0.15, 0.2) is 46.9 Å². The molecule has 17 heavy (non-hydrogen) atoms. The third kappa shape index (κ3) is 3.04. The molecule has 0 unspecified atom stereocenters. The smallest absolute Gasteiger partial charge is 0.354 e. The number of carboxylic acid groups (broad SMARTS) is 1. The largest absolute Gasteiger partial charge is 0.477 e. The Bertz CT molecular complexity index is 558. The second-order valence-corrected chi connectivity index (χ2v) is 4.26. The van der Waals surface area contributed by atoms with E-state index in [9.17, 15) is 4.79 Å². The fourth-order valence-electron chi connectivity index (χ4n) is 1.34. The van der Waals surface area contributed by atoms with E-state index >= 15 is 0 Å². The molecule has 86 valence electrons. The molecule has 0 saturated carbocycles. The molecule has 0 saturated heterocycles.